The Balaban J connectivity index is 3.46. The highest BCUT2D eigenvalue weighted by Crippen LogP contribution is 2.16. The van der Waals surface area contributed by atoms with Crippen LogP contribution in [0.15, 0.2) is 24.3 Å². The van der Waals surface area contributed by atoms with E-state index in [1.54, 1.807) is 6.08 Å². The Labute approximate surface area is 351 Å². The van der Waals surface area contributed by atoms with Crippen LogP contribution in [-0.2, 0) is 4.79 Å². The number of hydrogen-bond donors (Lipinski definition) is 3. The highest BCUT2D eigenvalue weighted by Gasteiger charge is 2.18. The molecule has 0 saturated carbocycles. The van der Waals surface area contributed by atoms with Gasteiger partial charge in [-0.05, 0) is 44.9 Å². The molecule has 0 radical (unpaired) electrons. The molecule has 0 aromatic carbocycles. The maximum absolute atomic E-state index is 12.4. The van der Waals surface area contributed by atoms with Crippen LogP contribution in [0.1, 0.15) is 284 Å². The minimum atomic E-state index is -0.836. The first kappa shape index (κ1) is 54.9. The predicted octanol–water partition coefficient (Wildman–Crippen LogP) is 16.4. The smallest absolute Gasteiger partial charge is 0.220 e. The molecular formula is C52H101NO3. The lowest BCUT2D eigenvalue weighted by Crippen LogP contribution is -2.45. The fourth-order valence-corrected chi connectivity index (χ4v) is 8.00. The van der Waals surface area contributed by atoms with Crippen LogP contribution in [-0.4, -0.2) is 34.9 Å². The quantitative estimate of drug-likeness (QED) is 0.0425. The lowest BCUT2D eigenvalue weighted by Gasteiger charge is -2.20. The predicted molar refractivity (Wildman–Crippen MR) is 249 cm³/mol. The molecule has 3 N–H and O–H groups in total. The molecule has 0 saturated heterocycles. The maximum atomic E-state index is 12.4. The summed E-state index contributed by atoms with van der Waals surface area (Å²) in [6, 6.07) is -0.619. The van der Waals surface area contributed by atoms with Crippen LogP contribution in [0.3, 0.4) is 0 Å². The first-order valence-electron chi connectivity index (χ1n) is 25.6. The minimum Gasteiger partial charge on any atom is -0.394 e. The monoisotopic (exact) mass is 788 g/mol. The summed E-state index contributed by atoms with van der Waals surface area (Å²) >= 11 is 0. The van der Waals surface area contributed by atoms with Crippen molar-refractivity contribution in [2.75, 3.05) is 6.61 Å². The van der Waals surface area contributed by atoms with Crippen molar-refractivity contribution in [3.8, 4) is 0 Å². The van der Waals surface area contributed by atoms with E-state index in [-0.39, 0.29) is 12.5 Å². The van der Waals surface area contributed by atoms with Crippen molar-refractivity contribution < 1.29 is 15.0 Å². The maximum Gasteiger partial charge on any atom is 0.220 e. The number of carbonyl (C=O) groups is 1. The van der Waals surface area contributed by atoms with Crippen molar-refractivity contribution in [1.82, 2.24) is 5.32 Å². The molecule has 2 atom stereocenters. The van der Waals surface area contributed by atoms with Gasteiger partial charge in [0, 0.05) is 6.42 Å². The number of hydrogen-bond acceptors (Lipinski definition) is 3. The molecule has 1 amide bonds. The molecule has 0 aliphatic carbocycles. The topological polar surface area (TPSA) is 69.6 Å². The van der Waals surface area contributed by atoms with Gasteiger partial charge in [0.05, 0.1) is 18.8 Å². The summed E-state index contributed by atoms with van der Waals surface area (Å²) in [5.74, 6) is -0.0607. The Morgan fingerprint density at radius 1 is 0.411 bits per heavy atom. The van der Waals surface area contributed by atoms with Crippen LogP contribution >= 0.6 is 0 Å². The molecule has 0 bridgehead atoms. The van der Waals surface area contributed by atoms with Crippen LogP contribution in [0, 0.1) is 0 Å². The average Bonchev–Trinajstić information content (AvgIpc) is 3.20. The SMILES string of the molecule is CCCCCCCCCCCCCC/C=C\CCCCCCCCCCCCCCCC(=O)NC(CO)C(O)/C=C/CCCCCCCCCCCCCCC. The molecule has 0 heterocycles. The summed E-state index contributed by atoms with van der Waals surface area (Å²) in [7, 11) is 0. The number of allylic oxidation sites excluding steroid dienone is 3. The van der Waals surface area contributed by atoms with Crippen LogP contribution < -0.4 is 5.32 Å². The fraction of sp³-hybridized carbons (Fsp3) is 0.904. The summed E-state index contributed by atoms with van der Waals surface area (Å²) < 4.78 is 0. The summed E-state index contributed by atoms with van der Waals surface area (Å²) in [6.07, 6.45) is 63.2. The van der Waals surface area contributed by atoms with E-state index in [2.05, 4.69) is 31.3 Å². The number of aliphatic hydroxyl groups is 2. The molecule has 56 heavy (non-hydrogen) atoms. The van der Waals surface area contributed by atoms with Gasteiger partial charge >= 0.3 is 0 Å². The Hall–Kier alpha value is -1.13. The normalized spacial score (nSPS) is 13.0. The van der Waals surface area contributed by atoms with Gasteiger partial charge in [-0.15, -0.1) is 0 Å². The second-order valence-electron chi connectivity index (χ2n) is 17.6. The molecule has 332 valence electrons. The highest BCUT2D eigenvalue weighted by molar-refractivity contribution is 5.76. The van der Waals surface area contributed by atoms with E-state index in [0.717, 1.165) is 25.7 Å². The molecule has 0 aromatic heterocycles. The Morgan fingerprint density at radius 2 is 0.679 bits per heavy atom. The van der Waals surface area contributed by atoms with Gasteiger partial charge in [-0.2, -0.15) is 0 Å². The molecule has 0 spiro atoms. The zero-order valence-electron chi connectivity index (χ0n) is 38.2. The number of rotatable bonds is 47. The summed E-state index contributed by atoms with van der Waals surface area (Å²) in [5, 5.41) is 23.1. The van der Waals surface area contributed by atoms with Crippen molar-refractivity contribution in [3.63, 3.8) is 0 Å². The second-order valence-corrected chi connectivity index (χ2v) is 17.6. The third-order valence-electron chi connectivity index (χ3n) is 11.9. The lowest BCUT2D eigenvalue weighted by atomic mass is 10.0. The Kier molecular flexibility index (Phi) is 47.3. The van der Waals surface area contributed by atoms with Gasteiger partial charge in [0.1, 0.15) is 0 Å². The number of carbonyl (C=O) groups excluding carboxylic acids is 1. The standard InChI is InChI=1S/C52H101NO3/c1-3-5-7-9-11-13-15-17-19-20-21-22-23-24-25-26-27-28-29-30-31-32-34-36-38-40-42-44-46-48-52(56)53-50(49-54)51(55)47-45-43-41-39-37-35-33-18-16-14-12-10-8-6-4-2/h24-25,45,47,50-51,54-55H,3-23,26-44,46,48-49H2,1-2H3,(H,53,56)/b25-24-,47-45+. The van der Waals surface area contributed by atoms with Gasteiger partial charge in [-0.3, -0.25) is 4.79 Å². The van der Waals surface area contributed by atoms with E-state index in [9.17, 15) is 15.0 Å². The van der Waals surface area contributed by atoms with Crippen molar-refractivity contribution in [2.45, 2.75) is 296 Å². The number of amides is 1. The summed E-state index contributed by atoms with van der Waals surface area (Å²) in [6.45, 7) is 4.33. The molecule has 0 aliphatic rings. The molecule has 2 unspecified atom stereocenters. The van der Waals surface area contributed by atoms with Crippen LogP contribution in [0.2, 0.25) is 0 Å². The fourth-order valence-electron chi connectivity index (χ4n) is 8.00. The number of aliphatic hydroxyl groups excluding tert-OH is 2. The van der Waals surface area contributed by atoms with Gasteiger partial charge in [0.25, 0.3) is 0 Å². The van der Waals surface area contributed by atoms with Gasteiger partial charge in [0.2, 0.25) is 5.91 Å². The zero-order chi connectivity index (χ0) is 40.7. The molecular weight excluding hydrogens is 687 g/mol. The minimum absolute atomic E-state index is 0.0607. The highest BCUT2D eigenvalue weighted by atomic mass is 16.3. The lowest BCUT2D eigenvalue weighted by molar-refractivity contribution is -0.123. The summed E-state index contributed by atoms with van der Waals surface area (Å²) in [5.41, 5.74) is 0. The van der Waals surface area contributed by atoms with E-state index < -0.39 is 12.1 Å². The average molecular weight is 788 g/mol. The van der Waals surface area contributed by atoms with E-state index >= 15 is 0 Å². The van der Waals surface area contributed by atoms with E-state index in [1.807, 2.05) is 6.08 Å². The molecule has 0 aromatic rings. The molecule has 0 aliphatic heterocycles. The number of nitrogens with one attached hydrogen (secondary N) is 1. The van der Waals surface area contributed by atoms with E-state index in [4.69, 9.17) is 0 Å². The number of unbranched alkanes of at least 4 members (excludes halogenated alkanes) is 38. The van der Waals surface area contributed by atoms with Crippen LogP contribution in [0.5, 0.6) is 0 Å². The third kappa shape index (κ3) is 44.0. The molecule has 4 nitrogen and oxygen atoms in total. The first-order chi connectivity index (χ1) is 27.7. The zero-order valence-corrected chi connectivity index (χ0v) is 38.2. The molecule has 0 rings (SSSR count). The van der Waals surface area contributed by atoms with Crippen molar-refractivity contribution in [3.05, 3.63) is 24.3 Å². The second kappa shape index (κ2) is 48.2. The van der Waals surface area contributed by atoms with Gasteiger partial charge in [0.15, 0.2) is 0 Å². The van der Waals surface area contributed by atoms with Gasteiger partial charge in [-0.25, -0.2) is 0 Å². The van der Waals surface area contributed by atoms with Crippen LogP contribution in [0.25, 0.3) is 0 Å². The Morgan fingerprint density at radius 3 is 0.982 bits per heavy atom. The largest absolute Gasteiger partial charge is 0.394 e. The van der Waals surface area contributed by atoms with Gasteiger partial charge in [-0.1, -0.05) is 256 Å². The van der Waals surface area contributed by atoms with E-state index in [1.165, 1.54) is 238 Å². The first-order valence-corrected chi connectivity index (χ1v) is 25.6. The third-order valence-corrected chi connectivity index (χ3v) is 11.9. The van der Waals surface area contributed by atoms with Crippen molar-refractivity contribution in [2.24, 2.45) is 0 Å². The van der Waals surface area contributed by atoms with Crippen molar-refractivity contribution in [1.29, 1.82) is 0 Å². The molecule has 0 fully saturated rings. The molecule has 4 heteroatoms. The summed E-state index contributed by atoms with van der Waals surface area (Å²) in [4.78, 5) is 12.4. The van der Waals surface area contributed by atoms with E-state index in [0.29, 0.717) is 6.42 Å². The van der Waals surface area contributed by atoms with Gasteiger partial charge < -0.3 is 15.5 Å². The van der Waals surface area contributed by atoms with Crippen LogP contribution in [0.4, 0.5) is 0 Å². The van der Waals surface area contributed by atoms with Crippen molar-refractivity contribution >= 4 is 5.91 Å². The Bertz CT molecular complexity index is 810.